The summed E-state index contributed by atoms with van der Waals surface area (Å²) in [4.78, 5) is 0. The quantitative estimate of drug-likeness (QED) is 0.887. The highest BCUT2D eigenvalue weighted by Crippen LogP contribution is 2.11. The summed E-state index contributed by atoms with van der Waals surface area (Å²) in [6.45, 7) is 0.164. The maximum atomic E-state index is 8.67. The summed E-state index contributed by atoms with van der Waals surface area (Å²) in [5.74, 6) is 0. The van der Waals surface area contributed by atoms with Crippen LogP contribution in [0.3, 0.4) is 0 Å². The summed E-state index contributed by atoms with van der Waals surface area (Å²) in [5.41, 5.74) is 6.99. The van der Waals surface area contributed by atoms with Crippen molar-refractivity contribution in [1.82, 2.24) is 0 Å². The smallest absolute Gasteiger partial charge is 0.0445 e. The highest BCUT2D eigenvalue weighted by atomic mass is 79.9. The Morgan fingerprint density at radius 2 is 1.86 bits per heavy atom. The van der Waals surface area contributed by atoms with E-state index >= 15 is 0 Å². The fourth-order valence-corrected chi connectivity index (χ4v) is 1.46. The molecule has 0 saturated carbocycles. The number of hydrogen-bond donors (Lipinski definition) is 2. The van der Waals surface area contributed by atoms with Gasteiger partial charge in [0, 0.05) is 17.1 Å². The van der Waals surface area contributed by atoms with Crippen LogP contribution in [0.4, 0.5) is 0 Å². The van der Waals surface area contributed by atoms with Gasteiger partial charge in [0.1, 0.15) is 0 Å². The molecule has 4 heteroatoms. The lowest BCUT2D eigenvalue weighted by Gasteiger charge is -2.09. The third-order valence-electron chi connectivity index (χ3n) is 1.91. The van der Waals surface area contributed by atoms with Gasteiger partial charge in [-0.05, 0) is 30.5 Å². The molecular weight excluding hydrogens is 265 g/mol. The number of hydrogen-bond acceptors (Lipinski definition) is 2. The van der Waals surface area contributed by atoms with E-state index in [-0.39, 0.29) is 25.1 Å². The standard InChI is InChI=1S/C10H14BrNO.ClH/c11-9-3-1-8(2-4-9)7-10(12)5-6-13;/h1-4,10,13H,5-7,12H2;1H. The van der Waals surface area contributed by atoms with Gasteiger partial charge in [0.05, 0.1) is 0 Å². The monoisotopic (exact) mass is 279 g/mol. The molecular formula is C10H15BrClNO. The summed E-state index contributed by atoms with van der Waals surface area (Å²) in [5, 5.41) is 8.67. The SMILES string of the molecule is Cl.NC(CCO)Cc1ccc(Br)cc1. The van der Waals surface area contributed by atoms with Crippen LogP contribution < -0.4 is 5.73 Å². The van der Waals surface area contributed by atoms with Gasteiger partial charge in [0.25, 0.3) is 0 Å². The molecule has 0 bridgehead atoms. The molecule has 0 fully saturated rings. The molecule has 1 aromatic rings. The van der Waals surface area contributed by atoms with Crippen LogP contribution in [0.5, 0.6) is 0 Å². The van der Waals surface area contributed by atoms with Crippen molar-refractivity contribution < 1.29 is 5.11 Å². The van der Waals surface area contributed by atoms with E-state index in [9.17, 15) is 0 Å². The van der Waals surface area contributed by atoms with Crippen molar-refractivity contribution in [3.05, 3.63) is 34.3 Å². The fraction of sp³-hybridized carbons (Fsp3) is 0.400. The Bertz CT molecular complexity index is 253. The van der Waals surface area contributed by atoms with Gasteiger partial charge in [-0.25, -0.2) is 0 Å². The van der Waals surface area contributed by atoms with Crippen LogP contribution >= 0.6 is 28.3 Å². The molecule has 0 radical (unpaired) electrons. The molecule has 0 aliphatic heterocycles. The molecule has 0 aromatic heterocycles. The van der Waals surface area contributed by atoms with Gasteiger partial charge < -0.3 is 10.8 Å². The van der Waals surface area contributed by atoms with E-state index in [0.717, 1.165) is 10.9 Å². The number of rotatable bonds is 4. The van der Waals surface area contributed by atoms with Gasteiger partial charge in [-0.15, -0.1) is 12.4 Å². The lowest BCUT2D eigenvalue weighted by Crippen LogP contribution is -2.23. The normalized spacial score (nSPS) is 11.9. The molecule has 3 N–H and O–H groups in total. The van der Waals surface area contributed by atoms with Crippen molar-refractivity contribution in [3.8, 4) is 0 Å². The molecule has 0 aliphatic rings. The average Bonchev–Trinajstić information content (AvgIpc) is 2.09. The highest BCUT2D eigenvalue weighted by Gasteiger charge is 2.02. The Morgan fingerprint density at radius 1 is 1.29 bits per heavy atom. The first kappa shape index (κ1) is 13.9. The first-order chi connectivity index (χ1) is 6.22. The van der Waals surface area contributed by atoms with Gasteiger partial charge in [-0.2, -0.15) is 0 Å². The van der Waals surface area contributed by atoms with E-state index in [4.69, 9.17) is 10.8 Å². The molecule has 0 heterocycles. The lowest BCUT2D eigenvalue weighted by molar-refractivity contribution is 0.275. The Kier molecular flexibility index (Phi) is 7.19. The molecule has 0 spiro atoms. The van der Waals surface area contributed by atoms with Gasteiger partial charge >= 0.3 is 0 Å². The van der Waals surface area contributed by atoms with Crippen LogP contribution in [0.25, 0.3) is 0 Å². The van der Waals surface area contributed by atoms with Crippen LogP contribution in [-0.4, -0.2) is 17.8 Å². The third kappa shape index (κ3) is 4.96. The van der Waals surface area contributed by atoms with Crippen LogP contribution in [0.2, 0.25) is 0 Å². The van der Waals surface area contributed by atoms with Crippen LogP contribution in [-0.2, 0) is 6.42 Å². The molecule has 2 nitrogen and oxygen atoms in total. The molecule has 1 aromatic carbocycles. The zero-order valence-corrected chi connectivity index (χ0v) is 10.2. The zero-order valence-electron chi connectivity index (χ0n) is 7.82. The minimum absolute atomic E-state index is 0. The van der Waals surface area contributed by atoms with Crippen LogP contribution in [0.1, 0.15) is 12.0 Å². The van der Waals surface area contributed by atoms with Crippen molar-refractivity contribution in [1.29, 1.82) is 0 Å². The van der Waals surface area contributed by atoms with Crippen molar-refractivity contribution in [3.63, 3.8) is 0 Å². The number of aliphatic hydroxyl groups excluding tert-OH is 1. The fourth-order valence-electron chi connectivity index (χ4n) is 1.19. The summed E-state index contributed by atoms with van der Waals surface area (Å²) in [6.07, 6.45) is 1.49. The minimum atomic E-state index is 0. The Labute approximate surface area is 99.0 Å². The van der Waals surface area contributed by atoms with E-state index < -0.39 is 0 Å². The van der Waals surface area contributed by atoms with Crippen molar-refractivity contribution in [2.45, 2.75) is 18.9 Å². The second kappa shape index (κ2) is 7.23. The van der Waals surface area contributed by atoms with Crippen LogP contribution in [0, 0.1) is 0 Å². The van der Waals surface area contributed by atoms with E-state index in [1.807, 2.05) is 24.3 Å². The zero-order chi connectivity index (χ0) is 9.68. The highest BCUT2D eigenvalue weighted by molar-refractivity contribution is 9.10. The molecule has 0 aliphatic carbocycles. The maximum Gasteiger partial charge on any atom is 0.0445 e. The topological polar surface area (TPSA) is 46.2 Å². The van der Waals surface area contributed by atoms with E-state index in [0.29, 0.717) is 6.42 Å². The second-order valence-electron chi connectivity index (χ2n) is 3.10. The van der Waals surface area contributed by atoms with Gasteiger partial charge in [0.15, 0.2) is 0 Å². The number of aliphatic hydroxyl groups is 1. The Hall–Kier alpha value is -0.0900. The molecule has 1 rings (SSSR count). The maximum absolute atomic E-state index is 8.67. The van der Waals surface area contributed by atoms with E-state index in [2.05, 4.69) is 15.9 Å². The third-order valence-corrected chi connectivity index (χ3v) is 2.44. The first-order valence-electron chi connectivity index (χ1n) is 4.33. The molecule has 0 amide bonds. The largest absolute Gasteiger partial charge is 0.396 e. The van der Waals surface area contributed by atoms with E-state index in [1.165, 1.54) is 5.56 Å². The second-order valence-corrected chi connectivity index (χ2v) is 4.02. The summed E-state index contributed by atoms with van der Waals surface area (Å²) in [7, 11) is 0. The number of nitrogens with two attached hydrogens (primary N) is 1. The van der Waals surface area contributed by atoms with E-state index in [1.54, 1.807) is 0 Å². The first-order valence-corrected chi connectivity index (χ1v) is 5.12. The van der Waals surface area contributed by atoms with Gasteiger partial charge in [-0.3, -0.25) is 0 Å². The Morgan fingerprint density at radius 3 is 2.36 bits per heavy atom. The van der Waals surface area contributed by atoms with Crippen molar-refractivity contribution in [2.75, 3.05) is 6.61 Å². The summed E-state index contributed by atoms with van der Waals surface area (Å²) < 4.78 is 1.08. The predicted octanol–water partition coefficient (Wildman–Crippen LogP) is 2.12. The van der Waals surface area contributed by atoms with Gasteiger partial charge in [-0.1, -0.05) is 28.1 Å². The molecule has 0 saturated heterocycles. The number of halogens is 2. The minimum Gasteiger partial charge on any atom is -0.396 e. The number of benzene rings is 1. The molecule has 1 atom stereocenters. The molecule has 14 heavy (non-hydrogen) atoms. The van der Waals surface area contributed by atoms with Gasteiger partial charge in [0.2, 0.25) is 0 Å². The van der Waals surface area contributed by atoms with Crippen molar-refractivity contribution in [2.24, 2.45) is 5.73 Å². The summed E-state index contributed by atoms with van der Waals surface area (Å²) in [6, 6.07) is 8.15. The average molecular weight is 281 g/mol. The Balaban J connectivity index is 0.00000169. The predicted molar refractivity (Wildman–Crippen MR) is 64.8 cm³/mol. The lowest BCUT2D eigenvalue weighted by atomic mass is 10.0. The van der Waals surface area contributed by atoms with Crippen LogP contribution in [0.15, 0.2) is 28.7 Å². The van der Waals surface area contributed by atoms with Crippen molar-refractivity contribution >= 4 is 28.3 Å². The molecule has 80 valence electrons. The molecule has 1 unspecified atom stereocenters. The summed E-state index contributed by atoms with van der Waals surface area (Å²) >= 11 is 3.37.